The molecular formula is C71H55N9O2S. The van der Waals surface area contributed by atoms with Gasteiger partial charge in [0.2, 0.25) is 0 Å². The lowest BCUT2D eigenvalue weighted by molar-refractivity contribution is -0.132. The summed E-state index contributed by atoms with van der Waals surface area (Å²) >= 11 is 1.19. The number of carboxylic acid groups (broad SMARTS) is 1. The molecule has 12 rings (SSSR count). The molecule has 3 N–H and O–H groups in total. The standard InChI is InChI=1S/C71H55N9O2S/c1-44-7-19-51(20-8-44)78(52-21-9-45(2)10-22-52)68-61-34-32-59(74-61)58(31-40-67-73-43-57(83-67)41-50(42-72)71(81)82)60-33-35-62(75-60)69(79(53-23-11-46(3)12-24-53)54-25-13-47(4)14-26-54)64-37-39-66(77-64)70(65-38-36-63(68)76-65)80(55-27-15-48(5)16-28-55)56-29-17-49(6)18-30-56/h7-30,32-39,41,43,74,77H,1-6H3,(H,81,82)/b50-41-,59-58?,60-58?,68-61?,68-63?,69-62?,69-64?,70-65?,70-66?. The summed E-state index contributed by atoms with van der Waals surface area (Å²) in [5, 5.41) is 19.6. The Morgan fingerprint density at radius 3 is 1.11 bits per heavy atom. The third kappa shape index (κ3) is 10.9. The zero-order chi connectivity index (χ0) is 57.3. The van der Waals surface area contributed by atoms with E-state index in [-0.39, 0.29) is 0 Å². The minimum atomic E-state index is -1.32. The van der Waals surface area contributed by atoms with Crippen LogP contribution in [0.1, 0.15) is 71.6 Å². The van der Waals surface area contributed by atoms with Gasteiger partial charge in [-0.15, -0.1) is 11.3 Å². The molecule has 8 bridgehead atoms. The first-order valence-corrected chi connectivity index (χ1v) is 28.0. The van der Waals surface area contributed by atoms with Gasteiger partial charge in [-0.1, -0.05) is 112 Å². The smallest absolute Gasteiger partial charge is 0.346 e. The maximum atomic E-state index is 11.8. The molecule has 11 nitrogen and oxygen atoms in total. The molecule has 4 aromatic heterocycles. The maximum absolute atomic E-state index is 11.8. The number of rotatable bonds is 11. The molecule has 0 amide bonds. The van der Waals surface area contributed by atoms with Crippen molar-refractivity contribution in [2.45, 2.75) is 41.5 Å². The van der Waals surface area contributed by atoms with Crippen LogP contribution in [0.3, 0.4) is 0 Å². The number of hydrogen-bond acceptors (Lipinski definition) is 9. The van der Waals surface area contributed by atoms with Gasteiger partial charge in [0.05, 0.1) is 67.5 Å². The lowest BCUT2D eigenvalue weighted by Crippen LogP contribution is -2.13. The average molecular weight is 1100 g/mol. The molecule has 0 fully saturated rings. The summed E-state index contributed by atoms with van der Waals surface area (Å²) in [5.41, 5.74) is 20.8. The number of aromatic amines is 2. The zero-order valence-electron chi connectivity index (χ0n) is 46.5. The number of benzene rings is 6. The van der Waals surface area contributed by atoms with Crippen LogP contribution >= 0.6 is 11.3 Å². The number of nitrogens with zero attached hydrogens (tertiary/aromatic N) is 7. The summed E-state index contributed by atoms with van der Waals surface area (Å²) in [6.45, 7) is 12.6. The number of aliphatic carboxylic acids is 1. The highest BCUT2D eigenvalue weighted by Gasteiger charge is 2.26. The van der Waals surface area contributed by atoms with Gasteiger partial charge in [-0.05, 0) is 175 Å². The molecule has 0 radical (unpaired) electrons. The van der Waals surface area contributed by atoms with Crippen molar-refractivity contribution in [1.82, 2.24) is 24.9 Å². The molecule has 12 heteroatoms. The minimum Gasteiger partial charge on any atom is -0.477 e. The van der Waals surface area contributed by atoms with Crippen molar-refractivity contribution in [2.24, 2.45) is 0 Å². The monoisotopic (exact) mass is 1100 g/mol. The second kappa shape index (κ2) is 22.4. The number of thiazole rings is 1. The topological polar surface area (TPSA) is 141 Å². The summed E-state index contributed by atoms with van der Waals surface area (Å²) in [4.78, 5) is 42.8. The SMILES string of the molecule is Cc1ccc(N(c2ccc(C)cc2)c2c3nc(c(N(c4ccc(C)cc4)c4ccc(C)cc4)c4ccc([nH]4)c(N(c4ccc(C)cc4)c4ccc(C)cc4)c4nc(c(C#Cc5ncc(/C=C(/C#N)C(=O)O)s5)c5ccc2[nH]5)C=C4)C=C3)cc1. The van der Waals surface area contributed by atoms with Gasteiger partial charge in [-0.25, -0.2) is 19.7 Å². The molecule has 83 heavy (non-hydrogen) atoms. The summed E-state index contributed by atoms with van der Waals surface area (Å²) in [5.74, 6) is 5.44. The number of anilines is 9. The van der Waals surface area contributed by atoms with Crippen LogP contribution in [0.4, 0.5) is 51.2 Å². The highest BCUT2D eigenvalue weighted by atomic mass is 32.1. The second-order valence-electron chi connectivity index (χ2n) is 20.7. The van der Waals surface area contributed by atoms with Gasteiger partial charge in [0.25, 0.3) is 0 Å². The number of aryl methyl sites for hydroxylation is 6. The van der Waals surface area contributed by atoms with Crippen molar-refractivity contribution in [3.8, 4) is 17.9 Å². The fraction of sp³-hybridized carbons (Fsp3) is 0.0845. The van der Waals surface area contributed by atoms with Crippen LogP contribution in [-0.2, 0) is 4.79 Å². The summed E-state index contributed by atoms with van der Waals surface area (Å²) in [6.07, 6.45) is 11.1. The number of carbonyl (C=O) groups is 1. The number of aromatic nitrogens is 5. The number of H-pyrrole nitrogens is 2. The molecule has 10 aromatic rings. The maximum Gasteiger partial charge on any atom is 0.346 e. The van der Waals surface area contributed by atoms with Gasteiger partial charge in [0, 0.05) is 45.2 Å². The molecule has 2 aliphatic heterocycles. The molecule has 0 unspecified atom stereocenters. The van der Waals surface area contributed by atoms with Crippen molar-refractivity contribution in [1.29, 1.82) is 5.26 Å². The molecule has 2 aliphatic rings. The third-order valence-corrected chi connectivity index (χ3v) is 15.4. The molecule has 0 saturated heterocycles. The predicted molar refractivity (Wildman–Crippen MR) is 341 cm³/mol. The zero-order valence-corrected chi connectivity index (χ0v) is 47.3. The number of hydrogen-bond donors (Lipinski definition) is 3. The number of fused-ring (bicyclic) bond motifs is 8. The van der Waals surface area contributed by atoms with Crippen LogP contribution in [0.15, 0.2) is 182 Å². The Kier molecular flexibility index (Phi) is 14.3. The lowest BCUT2D eigenvalue weighted by Gasteiger charge is -2.27. The van der Waals surface area contributed by atoms with Gasteiger partial charge < -0.3 is 29.8 Å². The molecule has 402 valence electrons. The highest BCUT2D eigenvalue weighted by molar-refractivity contribution is 7.13. The van der Waals surface area contributed by atoms with E-state index in [1.807, 2.05) is 18.2 Å². The van der Waals surface area contributed by atoms with E-state index in [1.165, 1.54) is 23.6 Å². The number of nitriles is 1. The highest BCUT2D eigenvalue weighted by Crippen LogP contribution is 2.46. The van der Waals surface area contributed by atoms with Gasteiger partial charge >= 0.3 is 5.97 Å². The molecule has 0 aliphatic carbocycles. The van der Waals surface area contributed by atoms with Crippen LogP contribution < -0.4 is 14.7 Å². The third-order valence-electron chi connectivity index (χ3n) is 14.5. The van der Waals surface area contributed by atoms with Gasteiger partial charge in [-0.3, -0.25) is 0 Å². The van der Waals surface area contributed by atoms with E-state index < -0.39 is 11.5 Å². The Labute approximate surface area is 485 Å². The Hall–Kier alpha value is -10.8. The molecule has 6 heterocycles. The fourth-order valence-corrected chi connectivity index (χ4v) is 10.9. The summed E-state index contributed by atoms with van der Waals surface area (Å²) in [7, 11) is 0. The number of carboxylic acids is 1. The van der Waals surface area contributed by atoms with Crippen molar-refractivity contribution in [3.05, 3.63) is 253 Å². The first kappa shape index (κ1) is 52.9. The van der Waals surface area contributed by atoms with Crippen molar-refractivity contribution >= 4 is 121 Å². The molecule has 6 aromatic carbocycles. The van der Waals surface area contributed by atoms with Crippen LogP contribution in [0.25, 0.3) is 52.4 Å². The van der Waals surface area contributed by atoms with Crippen LogP contribution in [0, 0.1) is 64.7 Å². The van der Waals surface area contributed by atoms with E-state index in [1.54, 1.807) is 6.07 Å². The summed E-state index contributed by atoms with van der Waals surface area (Å²) < 4.78 is 0. The van der Waals surface area contributed by atoms with Crippen molar-refractivity contribution in [3.63, 3.8) is 0 Å². The van der Waals surface area contributed by atoms with Gasteiger partial charge in [-0.2, -0.15) is 5.26 Å². The quantitative estimate of drug-likeness (QED) is 0.0656. The minimum absolute atomic E-state index is 0.396. The first-order chi connectivity index (χ1) is 40.3. The van der Waals surface area contributed by atoms with Crippen LogP contribution in [0.5, 0.6) is 0 Å². The Morgan fingerprint density at radius 1 is 0.458 bits per heavy atom. The van der Waals surface area contributed by atoms with E-state index in [0.29, 0.717) is 38.0 Å². The van der Waals surface area contributed by atoms with E-state index in [9.17, 15) is 15.2 Å². The van der Waals surface area contributed by atoms with Crippen LogP contribution in [0.2, 0.25) is 0 Å². The van der Waals surface area contributed by atoms with Crippen molar-refractivity contribution in [2.75, 3.05) is 14.7 Å². The lowest BCUT2D eigenvalue weighted by atomic mass is 10.1. The summed E-state index contributed by atoms with van der Waals surface area (Å²) in [6, 6.07) is 61.5. The van der Waals surface area contributed by atoms with Crippen LogP contribution in [-0.4, -0.2) is 36.0 Å². The largest absolute Gasteiger partial charge is 0.477 e. The number of nitrogens with one attached hydrogen (secondary N) is 2. The van der Waals surface area contributed by atoms with E-state index >= 15 is 0 Å². The van der Waals surface area contributed by atoms with Crippen molar-refractivity contribution < 1.29 is 9.90 Å². The van der Waals surface area contributed by atoms with E-state index in [4.69, 9.17) is 9.97 Å². The second-order valence-corrected chi connectivity index (χ2v) is 21.8. The molecule has 0 saturated carbocycles. The fourth-order valence-electron chi connectivity index (χ4n) is 10.2. The Morgan fingerprint density at radius 2 is 0.771 bits per heavy atom. The molecule has 0 spiro atoms. The Bertz CT molecular complexity index is 4300. The predicted octanol–water partition coefficient (Wildman–Crippen LogP) is 17.8. The molecule has 0 atom stereocenters. The van der Waals surface area contributed by atoms with Gasteiger partial charge in [0.1, 0.15) is 11.6 Å². The van der Waals surface area contributed by atoms with E-state index in [2.05, 4.69) is 259 Å². The Balaban J connectivity index is 1.24. The average Bonchev–Trinajstić information content (AvgIpc) is 3.96. The van der Waals surface area contributed by atoms with Gasteiger partial charge in [0.15, 0.2) is 5.01 Å². The first-order valence-electron chi connectivity index (χ1n) is 27.1. The molecular weight excluding hydrogens is 1040 g/mol. The normalized spacial score (nSPS) is 11.7. The van der Waals surface area contributed by atoms with E-state index in [0.717, 1.165) is 107 Å².